The molecule has 0 aromatic heterocycles. The maximum atomic E-state index is 13.7. The van der Waals surface area contributed by atoms with E-state index in [0.29, 0.717) is 36.6 Å². The van der Waals surface area contributed by atoms with Crippen LogP contribution in [0.4, 0.5) is 17.6 Å². The minimum atomic E-state index is -4.48. The Morgan fingerprint density at radius 2 is 1.81 bits per heavy atom. The highest BCUT2D eigenvalue weighted by Gasteiger charge is 2.46. The van der Waals surface area contributed by atoms with Crippen molar-refractivity contribution in [2.24, 2.45) is 11.8 Å². The zero-order chi connectivity index (χ0) is 25.6. The van der Waals surface area contributed by atoms with Crippen molar-refractivity contribution < 1.29 is 27.2 Å². The largest absolute Gasteiger partial charge is 0.416 e. The first-order chi connectivity index (χ1) is 17.1. The van der Waals surface area contributed by atoms with Gasteiger partial charge < -0.3 is 9.80 Å². The molecule has 2 saturated heterocycles. The first-order valence-electron chi connectivity index (χ1n) is 12.3. The molecule has 0 spiro atoms. The van der Waals surface area contributed by atoms with Crippen molar-refractivity contribution in [3.63, 3.8) is 0 Å². The molecular weight excluding hydrogens is 472 g/mol. The second-order valence-electron chi connectivity index (χ2n) is 10.2. The summed E-state index contributed by atoms with van der Waals surface area (Å²) in [6, 6.07) is 9.57. The lowest BCUT2D eigenvalue weighted by molar-refractivity contribution is -0.138. The predicted octanol–water partition coefficient (Wildman–Crippen LogP) is 5.46. The van der Waals surface area contributed by atoms with Crippen LogP contribution in [0.3, 0.4) is 0 Å². The van der Waals surface area contributed by atoms with Crippen LogP contribution in [0.15, 0.2) is 54.2 Å². The number of ketones is 1. The van der Waals surface area contributed by atoms with E-state index in [9.17, 15) is 27.2 Å². The second-order valence-corrected chi connectivity index (χ2v) is 10.2. The molecule has 4 nitrogen and oxygen atoms in total. The van der Waals surface area contributed by atoms with Gasteiger partial charge in [-0.1, -0.05) is 23.8 Å². The van der Waals surface area contributed by atoms with Crippen molar-refractivity contribution in [2.45, 2.75) is 44.8 Å². The van der Waals surface area contributed by atoms with Crippen LogP contribution in [0.25, 0.3) is 0 Å². The molecule has 8 heteroatoms. The van der Waals surface area contributed by atoms with Gasteiger partial charge >= 0.3 is 6.18 Å². The van der Waals surface area contributed by atoms with Crippen molar-refractivity contribution in [3.05, 3.63) is 82.3 Å². The van der Waals surface area contributed by atoms with E-state index in [1.807, 2.05) is 0 Å². The van der Waals surface area contributed by atoms with Crippen molar-refractivity contribution in [2.75, 3.05) is 19.6 Å². The Morgan fingerprint density at radius 1 is 1.06 bits per heavy atom. The number of fused-ring (bicyclic) bond motifs is 1. The molecule has 1 unspecified atom stereocenters. The number of piperidine rings is 1. The van der Waals surface area contributed by atoms with E-state index in [1.54, 1.807) is 36.1 Å². The number of aryl methyl sites for hydroxylation is 1. The maximum Gasteiger partial charge on any atom is 0.416 e. The summed E-state index contributed by atoms with van der Waals surface area (Å²) >= 11 is 0. The average Bonchev–Trinajstić information content (AvgIpc) is 3.44. The second kappa shape index (κ2) is 9.37. The van der Waals surface area contributed by atoms with E-state index in [0.717, 1.165) is 42.8 Å². The topological polar surface area (TPSA) is 40.6 Å². The van der Waals surface area contributed by atoms with Gasteiger partial charge in [-0.3, -0.25) is 9.59 Å². The van der Waals surface area contributed by atoms with Crippen LogP contribution in [0, 0.1) is 24.6 Å². The third-order valence-corrected chi connectivity index (χ3v) is 7.69. The first kappa shape index (κ1) is 24.5. The van der Waals surface area contributed by atoms with E-state index in [4.69, 9.17) is 0 Å². The lowest BCUT2D eigenvalue weighted by atomic mass is 9.78. The molecule has 36 heavy (non-hydrogen) atoms. The molecule has 5 rings (SSSR count). The summed E-state index contributed by atoms with van der Waals surface area (Å²) < 4.78 is 53.7. The highest BCUT2D eigenvalue weighted by molar-refractivity contribution is 5.92. The Labute approximate surface area is 207 Å². The van der Waals surface area contributed by atoms with Gasteiger partial charge in [-0.25, -0.2) is 4.39 Å². The summed E-state index contributed by atoms with van der Waals surface area (Å²) in [6.45, 7) is 3.55. The number of amides is 1. The first-order valence-corrected chi connectivity index (χ1v) is 12.3. The van der Waals surface area contributed by atoms with E-state index in [-0.39, 0.29) is 35.9 Å². The monoisotopic (exact) mass is 500 g/mol. The molecule has 0 N–H and O–H groups in total. The van der Waals surface area contributed by atoms with Crippen molar-refractivity contribution in [1.82, 2.24) is 9.80 Å². The van der Waals surface area contributed by atoms with E-state index < -0.39 is 11.7 Å². The summed E-state index contributed by atoms with van der Waals surface area (Å²) in [5, 5.41) is 0. The Hall–Kier alpha value is -3.16. The fourth-order valence-corrected chi connectivity index (χ4v) is 6.07. The van der Waals surface area contributed by atoms with Crippen LogP contribution in [0.2, 0.25) is 0 Å². The van der Waals surface area contributed by atoms with Crippen LogP contribution in [-0.4, -0.2) is 41.1 Å². The molecule has 0 radical (unpaired) electrons. The quantitative estimate of drug-likeness (QED) is 0.524. The van der Waals surface area contributed by atoms with Gasteiger partial charge in [0.05, 0.1) is 18.0 Å². The molecule has 1 aliphatic carbocycles. The number of rotatable bonds is 4. The number of halogens is 4. The molecule has 0 saturated carbocycles. The Balaban J connectivity index is 1.43. The smallest absolute Gasteiger partial charge is 0.374 e. The average molecular weight is 501 g/mol. The van der Waals surface area contributed by atoms with Crippen LogP contribution in [0.5, 0.6) is 0 Å². The third-order valence-electron chi connectivity index (χ3n) is 7.69. The van der Waals surface area contributed by atoms with Gasteiger partial charge in [0.2, 0.25) is 5.91 Å². The predicted molar refractivity (Wildman–Crippen MR) is 126 cm³/mol. The van der Waals surface area contributed by atoms with Crippen LogP contribution in [0.1, 0.15) is 47.6 Å². The van der Waals surface area contributed by atoms with Gasteiger partial charge in [-0.05, 0) is 61.1 Å². The van der Waals surface area contributed by atoms with Crippen molar-refractivity contribution in [3.8, 4) is 0 Å². The van der Waals surface area contributed by atoms with Crippen LogP contribution >= 0.6 is 0 Å². The van der Waals surface area contributed by atoms with E-state index in [2.05, 4.69) is 4.90 Å². The third kappa shape index (κ3) is 4.90. The Kier molecular flexibility index (Phi) is 6.39. The molecule has 2 aliphatic heterocycles. The maximum absolute atomic E-state index is 13.7. The number of allylic oxidation sites excluding steroid dienone is 2. The molecule has 2 heterocycles. The molecule has 0 bridgehead atoms. The molecule has 3 atom stereocenters. The van der Waals surface area contributed by atoms with Gasteiger partial charge in [0.1, 0.15) is 5.82 Å². The minimum Gasteiger partial charge on any atom is -0.374 e. The standard InChI is InChI=1S/C28H28F4N2O2/c1-17-10-18(12-21(11-17)28(30,31)32)13-26(36)34-9-8-20-15-33(23-6-7-24(35)14-23)16-25(20)27(34)19-2-4-22(29)5-3-19/h2-5,10-12,14,20,25,27H,6-9,13,15-16H2,1H3/t20-,25?,27+/m1/s1. The highest BCUT2D eigenvalue weighted by atomic mass is 19.4. The van der Waals surface area contributed by atoms with Gasteiger partial charge in [0.15, 0.2) is 5.78 Å². The fraction of sp³-hybridized carbons (Fsp3) is 0.429. The Morgan fingerprint density at radius 3 is 2.47 bits per heavy atom. The number of hydrogen-bond donors (Lipinski definition) is 0. The van der Waals surface area contributed by atoms with Crippen molar-refractivity contribution in [1.29, 1.82) is 0 Å². The summed E-state index contributed by atoms with van der Waals surface area (Å²) in [5.41, 5.74) is 1.87. The zero-order valence-corrected chi connectivity index (χ0v) is 20.0. The number of hydrogen-bond acceptors (Lipinski definition) is 3. The van der Waals surface area contributed by atoms with Crippen LogP contribution in [-0.2, 0) is 22.2 Å². The molecule has 2 aromatic rings. The molecule has 1 amide bonds. The normalized spacial score (nSPS) is 24.2. The minimum absolute atomic E-state index is 0.0769. The highest BCUT2D eigenvalue weighted by Crippen LogP contribution is 2.45. The van der Waals surface area contributed by atoms with Crippen molar-refractivity contribution >= 4 is 11.7 Å². The number of nitrogens with zero attached hydrogens (tertiary/aromatic N) is 2. The van der Waals surface area contributed by atoms with E-state index in [1.165, 1.54) is 12.1 Å². The van der Waals surface area contributed by atoms with Gasteiger partial charge in [0.25, 0.3) is 0 Å². The number of carbonyl (C=O) groups is 2. The Bertz CT molecular complexity index is 1210. The lowest BCUT2D eigenvalue weighted by Crippen LogP contribution is -2.46. The summed E-state index contributed by atoms with van der Waals surface area (Å²) in [6.07, 6.45) is -0.900. The number of likely N-dealkylation sites (tertiary alicyclic amines) is 2. The number of alkyl halides is 3. The zero-order valence-electron chi connectivity index (χ0n) is 20.0. The SMILES string of the molecule is Cc1cc(CC(=O)N2CC[C@@H]3CN(C4=CC(=O)CC4)CC3[C@@H]2c2ccc(F)cc2)cc(C(F)(F)F)c1. The molecule has 3 aliphatic rings. The van der Waals surface area contributed by atoms with Gasteiger partial charge in [0, 0.05) is 43.7 Å². The van der Waals surface area contributed by atoms with Crippen LogP contribution < -0.4 is 0 Å². The molecule has 2 aromatic carbocycles. The van der Waals surface area contributed by atoms with Gasteiger partial charge in [-0.15, -0.1) is 0 Å². The molecule has 2 fully saturated rings. The summed E-state index contributed by atoms with van der Waals surface area (Å²) in [4.78, 5) is 29.4. The fourth-order valence-electron chi connectivity index (χ4n) is 6.07. The lowest BCUT2D eigenvalue weighted by Gasteiger charge is -2.43. The molecular formula is C28H28F4N2O2. The van der Waals surface area contributed by atoms with Gasteiger partial charge in [-0.2, -0.15) is 13.2 Å². The van der Waals surface area contributed by atoms with E-state index >= 15 is 0 Å². The molecule has 190 valence electrons. The number of carbonyl (C=O) groups excluding carboxylic acids is 2. The number of benzene rings is 2. The summed E-state index contributed by atoms with van der Waals surface area (Å²) in [5.74, 6) is -0.103. The summed E-state index contributed by atoms with van der Waals surface area (Å²) in [7, 11) is 0.